The third-order valence-electron chi connectivity index (χ3n) is 3.18. The van der Waals surface area contributed by atoms with Gasteiger partial charge in [-0.05, 0) is 45.7 Å². The number of nitrogens with one attached hydrogen (secondary N) is 1. The molecule has 104 valence electrons. The standard InChI is InChI=1S/C15H23N3S/c1-4-16-12(9-10-18(2)3)11-15-17-13-7-5-6-8-14(13)19-15/h5-8,12,16H,4,9-11H2,1-3H3. The molecule has 1 atom stereocenters. The summed E-state index contributed by atoms with van der Waals surface area (Å²) in [5, 5.41) is 4.81. The summed E-state index contributed by atoms with van der Waals surface area (Å²) in [5.41, 5.74) is 1.13. The van der Waals surface area contributed by atoms with Gasteiger partial charge in [-0.3, -0.25) is 0 Å². The summed E-state index contributed by atoms with van der Waals surface area (Å²) in [7, 11) is 4.25. The lowest BCUT2D eigenvalue weighted by molar-refractivity contribution is 0.358. The molecular formula is C15H23N3S. The van der Waals surface area contributed by atoms with Crippen LogP contribution in [0.2, 0.25) is 0 Å². The van der Waals surface area contributed by atoms with E-state index < -0.39 is 0 Å². The van der Waals surface area contributed by atoms with Crippen molar-refractivity contribution in [2.75, 3.05) is 27.2 Å². The van der Waals surface area contributed by atoms with Crippen molar-refractivity contribution in [1.82, 2.24) is 15.2 Å². The van der Waals surface area contributed by atoms with Gasteiger partial charge in [-0.2, -0.15) is 0 Å². The fraction of sp³-hybridized carbons (Fsp3) is 0.533. The van der Waals surface area contributed by atoms with Crippen molar-refractivity contribution in [1.29, 1.82) is 0 Å². The number of para-hydroxylation sites is 1. The highest BCUT2D eigenvalue weighted by Crippen LogP contribution is 2.22. The average Bonchev–Trinajstić information content (AvgIpc) is 2.78. The zero-order valence-corrected chi connectivity index (χ0v) is 12.8. The van der Waals surface area contributed by atoms with Gasteiger partial charge in [0, 0.05) is 12.5 Å². The first-order chi connectivity index (χ1) is 9.19. The van der Waals surface area contributed by atoms with Gasteiger partial charge in [0.2, 0.25) is 0 Å². The van der Waals surface area contributed by atoms with E-state index in [-0.39, 0.29) is 0 Å². The van der Waals surface area contributed by atoms with Crippen LogP contribution in [-0.4, -0.2) is 43.1 Å². The molecule has 1 aromatic heterocycles. The SMILES string of the molecule is CCNC(CCN(C)C)Cc1nc2ccccc2s1. The summed E-state index contributed by atoms with van der Waals surface area (Å²) in [4.78, 5) is 6.97. The fourth-order valence-corrected chi connectivity index (χ4v) is 3.24. The molecule has 3 nitrogen and oxygen atoms in total. The Morgan fingerprint density at radius 1 is 1.32 bits per heavy atom. The van der Waals surface area contributed by atoms with Gasteiger partial charge in [0.1, 0.15) is 0 Å². The van der Waals surface area contributed by atoms with Crippen LogP contribution >= 0.6 is 11.3 Å². The molecule has 1 heterocycles. The molecule has 0 radical (unpaired) electrons. The Kier molecular flexibility index (Phi) is 5.31. The Bertz CT molecular complexity index is 474. The monoisotopic (exact) mass is 277 g/mol. The van der Waals surface area contributed by atoms with Crippen LogP contribution in [0, 0.1) is 0 Å². The number of hydrogen-bond acceptors (Lipinski definition) is 4. The van der Waals surface area contributed by atoms with E-state index in [1.54, 1.807) is 0 Å². The third kappa shape index (κ3) is 4.27. The molecule has 0 fully saturated rings. The van der Waals surface area contributed by atoms with Gasteiger partial charge in [-0.1, -0.05) is 19.1 Å². The topological polar surface area (TPSA) is 28.2 Å². The third-order valence-corrected chi connectivity index (χ3v) is 4.24. The minimum absolute atomic E-state index is 0.521. The molecule has 0 amide bonds. The second kappa shape index (κ2) is 6.98. The van der Waals surface area contributed by atoms with Crippen molar-refractivity contribution in [3.63, 3.8) is 0 Å². The second-order valence-corrected chi connectivity index (χ2v) is 6.24. The van der Waals surface area contributed by atoms with E-state index in [9.17, 15) is 0 Å². The predicted octanol–water partition coefficient (Wildman–Crippen LogP) is 2.77. The Labute approximate surface area is 119 Å². The van der Waals surface area contributed by atoms with Gasteiger partial charge in [-0.15, -0.1) is 11.3 Å². The lowest BCUT2D eigenvalue weighted by Gasteiger charge is -2.19. The van der Waals surface area contributed by atoms with Crippen LogP contribution in [0.5, 0.6) is 0 Å². The quantitative estimate of drug-likeness (QED) is 0.843. The highest BCUT2D eigenvalue weighted by atomic mass is 32.1. The number of benzene rings is 1. The molecule has 19 heavy (non-hydrogen) atoms. The van der Waals surface area contributed by atoms with Crippen LogP contribution in [0.1, 0.15) is 18.4 Å². The van der Waals surface area contributed by atoms with Crippen LogP contribution in [0.15, 0.2) is 24.3 Å². The van der Waals surface area contributed by atoms with E-state index >= 15 is 0 Å². The number of fused-ring (bicyclic) bond motifs is 1. The minimum Gasteiger partial charge on any atom is -0.314 e. The Morgan fingerprint density at radius 3 is 2.79 bits per heavy atom. The van der Waals surface area contributed by atoms with Crippen molar-refractivity contribution >= 4 is 21.6 Å². The first kappa shape index (κ1) is 14.4. The molecule has 0 aliphatic heterocycles. The molecule has 2 rings (SSSR count). The highest BCUT2D eigenvalue weighted by Gasteiger charge is 2.12. The van der Waals surface area contributed by atoms with Crippen LogP contribution in [0.25, 0.3) is 10.2 Å². The molecule has 1 unspecified atom stereocenters. The number of rotatable bonds is 7. The number of hydrogen-bond donors (Lipinski definition) is 1. The highest BCUT2D eigenvalue weighted by molar-refractivity contribution is 7.18. The number of aromatic nitrogens is 1. The van der Waals surface area contributed by atoms with Crippen LogP contribution < -0.4 is 5.32 Å². The van der Waals surface area contributed by atoms with E-state index in [1.165, 1.54) is 9.71 Å². The maximum absolute atomic E-state index is 4.73. The van der Waals surface area contributed by atoms with Crippen molar-refractivity contribution in [3.05, 3.63) is 29.3 Å². The van der Waals surface area contributed by atoms with E-state index in [4.69, 9.17) is 4.98 Å². The molecular weight excluding hydrogens is 254 g/mol. The number of nitrogens with zero attached hydrogens (tertiary/aromatic N) is 2. The fourth-order valence-electron chi connectivity index (χ4n) is 2.20. The summed E-state index contributed by atoms with van der Waals surface area (Å²) in [6.45, 7) is 4.30. The zero-order valence-electron chi connectivity index (χ0n) is 12.0. The smallest absolute Gasteiger partial charge is 0.0954 e. The summed E-state index contributed by atoms with van der Waals surface area (Å²) in [6.07, 6.45) is 2.19. The second-order valence-electron chi connectivity index (χ2n) is 5.13. The molecule has 0 saturated carbocycles. The summed E-state index contributed by atoms with van der Waals surface area (Å²) in [6, 6.07) is 8.90. The number of likely N-dealkylation sites (N-methyl/N-ethyl adjacent to an activating group) is 1. The lowest BCUT2D eigenvalue weighted by atomic mass is 10.1. The van der Waals surface area contributed by atoms with Crippen molar-refractivity contribution < 1.29 is 0 Å². The molecule has 0 spiro atoms. The van der Waals surface area contributed by atoms with Gasteiger partial charge in [0.25, 0.3) is 0 Å². The van der Waals surface area contributed by atoms with Gasteiger partial charge < -0.3 is 10.2 Å². The van der Waals surface area contributed by atoms with Crippen LogP contribution in [0.4, 0.5) is 0 Å². The zero-order chi connectivity index (χ0) is 13.7. The molecule has 4 heteroatoms. The van der Waals surface area contributed by atoms with Crippen LogP contribution in [0.3, 0.4) is 0 Å². The van der Waals surface area contributed by atoms with Gasteiger partial charge in [0.05, 0.1) is 15.2 Å². The van der Waals surface area contributed by atoms with E-state index in [1.807, 2.05) is 11.3 Å². The maximum Gasteiger partial charge on any atom is 0.0954 e. The molecule has 1 aromatic carbocycles. The average molecular weight is 277 g/mol. The van der Waals surface area contributed by atoms with E-state index in [0.29, 0.717) is 6.04 Å². The van der Waals surface area contributed by atoms with Crippen LogP contribution in [-0.2, 0) is 6.42 Å². The van der Waals surface area contributed by atoms with Gasteiger partial charge in [0.15, 0.2) is 0 Å². The van der Waals surface area contributed by atoms with E-state index in [0.717, 1.165) is 31.4 Å². The van der Waals surface area contributed by atoms with Gasteiger partial charge in [-0.25, -0.2) is 4.98 Å². The minimum atomic E-state index is 0.521. The summed E-state index contributed by atoms with van der Waals surface area (Å²) in [5.74, 6) is 0. The molecule has 0 aliphatic rings. The molecule has 0 saturated heterocycles. The first-order valence-corrected chi connectivity index (χ1v) is 7.73. The van der Waals surface area contributed by atoms with E-state index in [2.05, 4.69) is 55.5 Å². The molecule has 0 aliphatic carbocycles. The lowest BCUT2D eigenvalue weighted by Crippen LogP contribution is -2.34. The first-order valence-electron chi connectivity index (χ1n) is 6.91. The Hall–Kier alpha value is -0.970. The van der Waals surface area contributed by atoms with Crippen molar-refractivity contribution in [2.24, 2.45) is 0 Å². The normalized spacial score (nSPS) is 13.3. The molecule has 2 aromatic rings. The Balaban J connectivity index is 2.02. The van der Waals surface area contributed by atoms with Crippen molar-refractivity contribution in [3.8, 4) is 0 Å². The van der Waals surface area contributed by atoms with Crippen molar-refractivity contribution in [2.45, 2.75) is 25.8 Å². The number of thiazole rings is 1. The Morgan fingerprint density at radius 2 is 2.11 bits per heavy atom. The largest absolute Gasteiger partial charge is 0.314 e. The summed E-state index contributed by atoms with van der Waals surface area (Å²) >= 11 is 1.82. The maximum atomic E-state index is 4.73. The molecule has 1 N–H and O–H groups in total. The van der Waals surface area contributed by atoms with Gasteiger partial charge >= 0.3 is 0 Å². The summed E-state index contributed by atoms with van der Waals surface area (Å²) < 4.78 is 1.29. The molecule has 0 bridgehead atoms. The predicted molar refractivity (Wildman–Crippen MR) is 84.0 cm³/mol.